The summed E-state index contributed by atoms with van der Waals surface area (Å²) in [7, 11) is -6.07. The normalized spacial score (nSPS) is 30.0. The molecule has 4 aliphatic carbocycles. The molecule has 0 unspecified atom stereocenters. The van der Waals surface area contributed by atoms with Crippen molar-refractivity contribution in [2.45, 2.75) is 214 Å². The predicted molar refractivity (Wildman–Crippen MR) is 255 cm³/mol. The van der Waals surface area contributed by atoms with Gasteiger partial charge in [-0.2, -0.15) is 0 Å². The summed E-state index contributed by atoms with van der Waals surface area (Å²) in [6.07, 6.45) is 23.7. The minimum atomic E-state index is -2.08. The Kier molecular flexibility index (Phi) is 15.2. The van der Waals surface area contributed by atoms with E-state index in [1.807, 2.05) is 6.92 Å². The van der Waals surface area contributed by atoms with Crippen molar-refractivity contribution in [3.05, 3.63) is 59.8 Å². The molecular weight excluding hydrogens is 765 g/mol. The Morgan fingerprint density at radius 1 is 0.845 bits per heavy atom. The van der Waals surface area contributed by atoms with Crippen LogP contribution in [0.1, 0.15) is 141 Å². The molecule has 5 nitrogen and oxygen atoms in total. The smallest absolute Gasteiger partial charge is 0.330 e. The highest BCUT2D eigenvalue weighted by Gasteiger charge is 2.53. The number of allylic oxidation sites excluding steroid dienone is 4. The lowest BCUT2D eigenvalue weighted by Gasteiger charge is -2.45. The Hall–Kier alpha value is -1.30. The molecule has 58 heavy (non-hydrogen) atoms. The van der Waals surface area contributed by atoms with Gasteiger partial charge in [0.25, 0.3) is 0 Å². The number of fused-ring (bicyclic) bond motifs is 1. The number of hydrogen-bond donors (Lipinski definition) is 0. The number of ether oxygens (including phenoxy) is 1. The second kappa shape index (κ2) is 17.8. The Morgan fingerprint density at radius 2 is 1.43 bits per heavy atom. The van der Waals surface area contributed by atoms with Crippen molar-refractivity contribution in [1.82, 2.24) is 0 Å². The summed E-state index contributed by atoms with van der Waals surface area (Å²) in [5.41, 5.74) is 4.24. The van der Waals surface area contributed by atoms with Crippen LogP contribution < -0.4 is 0 Å². The average Bonchev–Trinajstić information content (AvgIpc) is 3.78. The van der Waals surface area contributed by atoms with Gasteiger partial charge in [-0.1, -0.05) is 119 Å². The highest BCUT2D eigenvalue weighted by Crippen LogP contribution is 2.60. The van der Waals surface area contributed by atoms with Crippen LogP contribution in [0.25, 0.3) is 0 Å². The lowest BCUT2D eigenvalue weighted by atomic mass is 9.61. The lowest BCUT2D eigenvalue weighted by molar-refractivity contribution is -0.137. The molecule has 4 rings (SSSR count). The maximum atomic E-state index is 12.4. The lowest BCUT2D eigenvalue weighted by Crippen LogP contribution is -2.49. The van der Waals surface area contributed by atoms with E-state index in [0.717, 1.165) is 25.7 Å². The molecule has 0 aromatic rings. The number of carbonyl (C=O) groups is 1. The van der Waals surface area contributed by atoms with Crippen LogP contribution in [-0.2, 0) is 22.8 Å². The predicted octanol–water partition coefficient (Wildman–Crippen LogP) is 14.7. The van der Waals surface area contributed by atoms with Crippen LogP contribution in [-0.4, -0.2) is 55.8 Å². The molecule has 7 atom stereocenters. The van der Waals surface area contributed by atoms with Gasteiger partial charge in [-0.05, 0) is 147 Å². The first-order valence-electron chi connectivity index (χ1n) is 23.1. The summed E-state index contributed by atoms with van der Waals surface area (Å²) in [5, 5.41) is 0.378. The molecule has 4 fully saturated rings. The zero-order chi connectivity index (χ0) is 43.9. The van der Waals surface area contributed by atoms with E-state index in [1.165, 1.54) is 43.3 Å². The topological polar surface area (TPSA) is 54.0 Å². The molecule has 0 aliphatic heterocycles. The third-order valence-corrected chi connectivity index (χ3v) is 29.9. The molecule has 0 aromatic heterocycles. The zero-order valence-corrected chi connectivity index (χ0v) is 43.7. The molecule has 0 N–H and O–H groups in total. The fourth-order valence-electron chi connectivity index (χ4n) is 9.28. The molecule has 330 valence electrons. The van der Waals surface area contributed by atoms with E-state index in [1.54, 1.807) is 11.6 Å². The quantitative estimate of drug-likeness (QED) is 0.0754. The van der Waals surface area contributed by atoms with Gasteiger partial charge in [-0.25, -0.2) is 4.79 Å². The standard InChI is InChI=1S/C50H88O5Si3/c1-20-52-45(51)29-31-50(32-33-50)44(55-58(18,19)48(10,11)12)28-23-36(2)41-26-27-42-38(22-21-30-49(41,42)13)24-25-39-34-40(53-56(14,15)46(4,5)6)35-43(37(39)3)54-57(16,17)47(7,8)9/h23-25,28-29,31,36,40-44H,3,20-22,26-27,30,32-35H2,1-2,4-19H3/b28-23+,31-29+,38-24+,39-25-/t36-,40-,41-,42+,43+,44-,49-/m1/s1. The average molecular weight is 854 g/mol. The van der Waals surface area contributed by atoms with E-state index in [9.17, 15) is 4.79 Å². The minimum Gasteiger partial charge on any atom is -0.463 e. The second-order valence-electron chi connectivity index (χ2n) is 23.7. The molecule has 8 heteroatoms. The summed E-state index contributed by atoms with van der Waals surface area (Å²) < 4.78 is 26.8. The molecular formula is C50H88O5Si3. The van der Waals surface area contributed by atoms with Crippen LogP contribution in [0.5, 0.6) is 0 Å². The Labute approximate surface area is 360 Å². The maximum Gasteiger partial charge on any atom is 0.330 e. The Bertz CT molecular complexity index is 1590. The van der Waals surface area contributed by atoms with Crippen LogP contribution in [0.4, 0.5) is 0 Å². The first-order valence-corrected chi connectivity index (χ1v) is 31.8. The highest BCUT2D eigenvalue weighted by atomic mass is 28.4. The molecule has 0 amide bonds. The van der Waals surface area contributed by atoms with E-state index in [0.29, 0.717) is 24.4 Å². The van der Waals surface area contributed by atoms with E-state index in [2.05, 4.69) is 146 Å². The monoisotopic (exact) mass is 853 g/mol. The third-order valence-electron chi connectivity index (χ3n) is 16.5. The number of esters is 1. The van der Waals surface area contributed by atoms with Gasteiger partial charge < -0.3 is 18.0 Å². The van der Waals surface area contributed by atoms with Gasteiger partial charge in [0.05, 0.1) is 24.9 Å². The Morgan fingerprint density at radius 3 is 1.98 bits per heavy atom. The molecule has 4 saturated carbocycles. The van der Waals surface area contributed by atoms with Gasteiger partial charge in [0.15, 0.2) is 25.0 Å². The fraction of sp³-hybridized carbons (Fsp3) is 0.780. The van der Waals surface area contributed by atoms with Gasteiger partial charge in [-0.3, -0.25) is 0 Å². The van der Waals surface area contributed by atoms with Gasteiger partial charge >= 0.3 is 5.97 Å². The Balaban J connectivity index is 1.60. The van der Waals surface area contributed by atoms with Crippen molar-refractivity contribution >= 4 is 30.9 Å². The van der Waals surface area contributed by atoms with Crippen LogP contribution in [0.15, 0.2) is 59.8 Å². The maximum absolute atomic E-state index is 12.4. The third kappa shape index (κ3) is 11.2. The van der Waals surface area contributed by atoms with Gasteiger partial charge in [0.2, 0.25) is 0 Å². The molecule has 0 radical (unpaired) electrons. The fourth-order valence-corrected chi connectivity index (χ4v) is 13.2. The zero-order valence-electron chi connectivity index (χ0n) is 40.7. The van der Waals surface area contributed by atoms with Crippen molar-refractivity contribution in [3.63, 3.8) is 0 Å². The summed E-state index contributed by atoms with van der Waals surface area (Å²) >= 11 is 0. The van der Waals surface area contributed by atoms with Gasteiger partial charge in [0.1, 0.15) is 0 Å². The van der Waals surface area contributed by atoms with Gasteiger partial charge in [-0.15, -0.1) is 0 Å². The van der Waals surface area contributed by atoms with Crippen molar-refractivity contribution in [2.75, 3.05) is 6.61 Å². The highest BCUT2D eigenvalue weighted by molar-refractivity contribution is 6.75. The first-order chi connectivity index (χ1) is 26.4. The molecule has 0 saturated heterocycles. The van der Waals surface area contributed by atoms with Crippen LogP contribution in [0.3, 0.4) is 0 Å². The van der Waals surface area contributed by atoms with Crippen LogP contribution >= 0.6 is 0 Å². The molecule has 0 spiro atoms. The van der Waals surface area contributed by atoms with E-state index >= 15 is 0 Å². The van der Waals surface area contributed by atoms with Crippen LogP contribution in [0.2, 0.25) is 54.4 Å². The van der Waals surface area contributed by atoms with Gasteiger partial charge in [0, 0.05) is 17.9 Å². The second-order valence-corrected chi connectivity index (χ2v) is 38.0. The molecule has 4 aliphatic rings. The summed E-state index contributed by atoms with van der Waals surface area (Å²) in [4.78, 5) is 12.4. The van der Waals surface area contributed by atoms with Crippen molar-refractivity contribution < 1.29 is 22.8 Å². The van der Waals surface area contributed by atoms with Crippen LogP contribution in [0, 0.1) is 28.6 Å². The number of carbonyl (C=O) groups excluding carboxylic acids is 1. The van der Waals surface area contributed by atoms with E-state index in [-0.39, 0.29) is 50.2 Å². The van der Waals surface area contributed by atoms with Crippen molar-refractivity contribution in [3.8, 4) is 0 Å². The van der Waals surface area contributed by atoms with E-state index < -0.39 is 25.0 Å². The minimum absolute atomic E-state index is 0.00550. The SMILES string of the molecule is C=C1/C(=C\C=C2/CCC[C@]3(C)[C@@H]([C@H](C)/C=C/[C@@H](O[Si](C)(C)C(C)(C)C)C4(/C=C/C(=O)OCC)CC4)CC[C@@H]23)C[C@@H](O[Si](C)(C)C(C)(C)C)C[C@@H]1O[Si](C)(C)C(C)(C)C. The summed E-state index contributed by atoms with van der Waals surface area (Å²) in [5.74, 6) is 1.38. The van der Waals surface area contributed by atoms with E-state index in [4.69, 9.17) is 24.6 Å². The summed E-state index contributed by atoms with van der Waals surface area (Å²) in [6.45, 7) is 47.2. The number of hydrogen-bond acceptors (Lipinski definition) is 5. The summed E-state index contributed by atoms with van der Waals surface area (Å²) in [6, 6.07) is 0. The molecule has 0 heterocycles. The van der Waals surface area contributed by atoms with Crippen molar-refractivity contribution in [1.29, 1.82) is 0 Å². The first kappa shape index (κ1) is 49.4. The molecule has 0 bridgehead atoms. The largest absolute Gasteiger partial charge is 0.463 e. The molecule has 0 aromatic carbocycles. The van der Waals surface area contributed by atoms with Crippen molar-refractivity contribution in [2.24, 2.45) is 28.6 Å². The number of rotatable bonds is 14.